The summed E-state index contributed by atoms with van der Waals surface area (Å²) in [7, 11) is -4.16. The smallest absolute Gasteiger partial charge is 0.467 e. The molecule has 1 heterocycles. The van der Waals surface area contributed by atoms with Crippen LogP contribution in [0.4, 0.5) is 9.59 Å². The maximum absolute atomic E-state index is 15.9. The van der Waals surface area contributed by atoms with E-state index in [1.807, 2.05) is 0 Å². The molecule has 0 spiro atoms. The van der Waals surface area contributed by atoms with E-state index < -0.39 is 138 Å². The van der Waals surface area contributed by atoms with Crippen molar-refractivity contribution in [1.82, 2.24) is 10.6 Å². The topological polar surface area (TPSA) is 271 Å². The first kappa shape index (κ1) is 105. The molecule has 2 N–H and O–H groups in total. The fraction of sp³-hybridized carbons (Fsp3) is 0.779. The van der Waals surface area contributed by atoms with Gasteiger partial charge < -0.3 is 62.3 Å². The average molecular weight is 1760 g/mol. The Morgan fingerprint density at radius 2 is 0.887 bits per heavy atom. The molecule has 0 unspecified atom stereocenters. The standard InChI is InChI=1S/C86H139Cl6N2O20P/c1-8-12-16-20-24-28-30-34-38-42-52-60-74(96)107-69(58-46-40-36-32-26-22-18-14-10-3)62-73(95)93-71(80(99)103-7)64-104-81-77(94-82(100)106-66-85(87,88)89)79(110-76(98)63-70(59-47-41-37-33-27-23-19-15-11-4)108-75(97)61-53-43-39-35-31-29-25-21-17-13-9-2)78(72(109-81)65-105-83(101)111-84(5,6)86(90,91)92)114-115(102,112-67-54-48-44-49-55-67)113-68-56-50-45-51-57-68/h44-45,48-51,54-57,69-72,77-79,81H,8-43,46-47,52-53,58-66H2,1-7H3,(H,93,95)(H,94,100)/t69-,70-,71+,72-,77-,78-,79-,81-/m1/s1. The van der Waals surface area contributed by atoms with E-state index in [2.05, 4.69) is 38.3 Å². The molecule has 3 rings (SSSR count). The predicted octanol–water partition coefficient (Wildman–Crippen LogP) is 24.6. The first-order valence-electron chi connectivity index (χ1n) is 43.1. The van der Waals surface area contributed by atoms with Crippen LogP contribution < -0.4 is 19.7 Å². The number of amides is 2. The van der Waals surface area contributed by atoms with Crippen LogP contribution in [-0.4, -0.2) is 131 Å². The molecule has 1 aliphatic rings. The highest BCUT2D eigenvalue weighted by Crippen LogP contribution is 2.53. The van der Waals surface area contributed by atoms with Gasteiger partial charge in [-0.3, -0.25) is 23.7 Å². The van der Waals surface area contributed by atoms with E-state index in [4.69, 9.17) is 126 Å². The number of alkyl halides is 6. The summed E-state index contributed by atoms with van der Waals surface area (Å²) >= 11 is 37.1. The van der Waals surface area contributed by atoms with Gasteiger partial charge in [0, 0.05) is 12.8 Å². The van der Waals surface area contributed by atoms with Crippen molar-refractivity contribution in [2.24, 2.45) is 0 Å². The predicted molar refractivity (Wildman–Crippen MR) is 455 cm³/mol. The summed E-state index contributed by atoms with van der Waals surface area (Å²) in [6.45, 7) is 8.62. The fourth-order valence-electron chi connectivity index (χ4n) is 13.3. The number of phosphoric acid groups is 1. The molecule has 8 atom stereocenters. The van der Waals surface area contributed by atoms with Gasteiger partial charge in [0.2, 0.25) is 13.5 Å². The molecule has 0 aliphatic carbocycles. The van der Waals surface area contributed by atoms with Gasteiger partial charge in [0.15, 0.2) is 24.0 Å². The number of hydrogen-bond acceptors (Lipinski definition) is 20. The molecule has 1 saturated heterocycles. The second-order valence-corrected chi connectivity index (χ2v) is 37.0. The minimum atomic E-state index is -5.24. The first-order chi connectivity index (χ1) is 55.1. The number of carbonyl (C=O) groups is 7. The molecule has 0 bridgehead atoms. The third-order valence-electron chi connectivity index (χ3n) is 20.0. The molecule has 1 fully saturated rings. The number of nitrogens with one attached hydrogen (secondary N) is 2. The van der Waals surface area contributed by atoms with Crippen molar-refractivity contribution in [1.29, 1.82) is 0 Å². The van der Waals surface area contributed by atoms with Crippen molar-refractivity contribution in [3.8, 4) is 11.5 Å². The molecule has 29 heteroatoms. The zero-order chi connectivity index (χ0) is 84.4. The molecule has 0 radical (unpaired) electrons. The molecule has 115 heavy (non-hydrogen) atoms. The molecule has 660 valence electrons. The number of para-hydroxylation sites is 2. The highest BCUT2D eigenvalue weighted by molar-refractivity contribution is 7.49. The van der Waals surface area contributed by atoms with Gasteiger partial charge in [-0.05, 0) is 76.6 Å². The lowest BCUT2D eigenvalue weighted by atomic mass is 9.96. The Labute approximate surface area is 717 Å². The molecule has 1 aliphatic heterocycles. The zero-order valence-electron chi connectivity index (χ0n) is 69.9. The van der Waals surface area contributed by atoms with Crippen molar-refractivity contribution in [3.63, 3.8) is 0 Å². The van der Waals surface area contributed by atoms with Crippen LogP contribution in [0.25, 0.3) is 0 Å². The summed E-state index contributed by atoms with van der Waals surface area (Å²) < 4.78 is 83.9. The van der Waals surface area contributed by atoms with Gasteiger partial charge in [0.05, 0.1) is 26.6 Å². The SMILES string of the molecule is CCCCCCCCCCCCCC(=O)O[C@H](CCCCCCCCCCC)CC(=O)N[C@@H](CO[C@@H]1O[C@H](COC(=O)OC(C)(C)C(Cl)(Cl)Cl)[C@@H](OP(=O)(Oc2ccccc2)Oc2ccccc2)[C@H](OC(=O)C[C@@H](CCCCCCCCCCC)OC(=O)CCCCCCCCCCCCC)[C@H]1NC(=O)OCC(Cl)(Cl)Cl)C(=O)OC. The quantitative estimate of drug-likeness (QED) is 0.0205. The number of benzene rings is 2. The number of ether oxygens (including phenoxy) is 9. The van der Waals surface area contributed by atoms with Gasteiger partial charge in [-0.2, -0.15) is 0 Å². The van der Waals surface area contributed by atoms with Crippen LogP contribution in [-0.2, 0) is 75.7 Å². The van der Waals surface area contributed by atoms with E-state index in [0.29, 0.717) is 32.1 Å². The van der Waals surface area contributed by atoms with Crippen molar-refractivity contribution in [2.45, 2.75) is 399 Å². The summed E-state index contributed by atoms with van der Waals surface area (Å²) in [5.74, 6) is -3.93. The lowest BCUT2D eigenvalue weighted by Crippen LogP contribution is -2.67. The van der Waals surface area contributed by atoms with Crippen molar-refractivity contribution in [3.05, 3.63) is 60.7 Å². The normalized spacial score (nSPS) is 16.7. The van der Waals surface area contributed by atoms with Gasteiger partial charge in [-0.15, -0.1) is 0 Å². The maximum Gasteiger partial charge on any atom is 0.588 e. The molecule has 22 nitrogen and oxygen atoms in total. The largest absolute Gasteiger partial charge is 0.588 e. The lowest BCUT2D eigenvalue weighted by Gasteiger charge is -2.45. The number of halogens is 6. The molecular weight excluding hydrogens is 1620 g/mol. The van der Waals surface area contributed by atoms with Gasteiger partial charge in [0.25, 0.3) is 0 Å². The molecule has 0 saturated carbocycles. The number of unbranched alkanes of at least 4 members (excludes halogenated alkanes) is 36. The van der Waals surface area contributed by atoms with E-state index in [0.717, 1.165) is 155 Å². The van der Waals surface area contributed by atoms with E-state index in [1.54, 1.807) is 36.4 Å². The monoisotopic (exact) mass is 1760 g/mol. The van der Waals surface area contributed by atoms with E-state index in [-0.39, 0.29) is 37.2 Å². The highest BCUT2D eigenvalue weighted by Gasteiger charge is 2.55. The second-order valence-electron chi connectivity index (χ2n) is 30.8. The van der Waals surface area contributed by atoms with E-state index >= 15 is 9.36 Å². The van der Waals surface area contributed by atoms with Crippen LogP contribution in [0.15, 0.2) is 60.7 Å². The van der Waals surface area contributed by atoms with E-state index in [1.165, 1.54) is 122 Å². The van der Waals surface area contributed by atoms with Crippen LogP contribution in [0.3, 0.4) is 0 Å². The Bertz CT molecular complexity index is 2930. The minimum Gasteiger partial charge on any atom is -0.467 e. The van der Waals surface area contributed by atoms with Gasteiger partial charge >= 0.3 is 43.9 Å². The van der Waals surface area contributed by atoms with Gasteiger partial charge in [-0.1, -0.05) is 365 Å². The first-order valence-corrected chi connectivity index (χ1v) is 46.8. The number of esters is 4. The Hall–Kier alpha value is -4.22. The number of hydrogen-bond donors (Lipinski definition) is 2. The molecule has 0 aromatic heterocycles. The van der Waals surface area contributed by atoms with Crippen LogP contribution in [0.1, 0.15) is 337 Å². The Morgan fingerprint density at radius 3 is 1.28 bits per heavy atom. The summed E-state index contributed by atoms with van der Waals surface area (Å²) in [4.78, 5) is 99.8. The number of methoxy groups -OCH3 is 1. The van der Waals surface area contributed by atoms with Crippen LogP contribution >= 0.6 is 77.4 Å². The highest BCUT2D eigenvalue weighted by atomic mass is 35.6. The molecular formula is C86H139Cl6N2O20P. The number of phosphoric ester groups is 1. The Balaban J connectivity index is 2.23. The van der Waals surface area contributed by atoms with Crippen LogP contribution in [0.2, 0.25) is 0 Å². The minimum absolute atomic E-state index is 0.0543. The van der Waals surface area contributed by atoms with Crippen LogP contribution in [0.5, 0.6) is 11.5 Å². The fourth-order valence-corrected chi connectivity index (χ4v) is 15.0. The van der Waals surface area contributed by atoms with Crippen molar-refractivity contribution < 1.29 is 94.3 Å². The van der Waals surface area contributed by atoms with E-state index in [9.17, 15) is 28.8 Å². The third kappa shape index (κ3) is 50.6. The summed E-state index contributed by atoms with van der Waals surface area (Å²) in [6, 6.07) is 11.8. The summed E-state index contributed by atoms with van der Waals surface area (Å²) in [5.41, 5.74) is -1.86. The second kappa shape index (κ2) is 62.8. The Morgan fingerprint density at radius 1 is 0.496 bits per heavy atom. The Kier molecular flexibility index (Phi) is 57.4. The molecule has 2 amide bonds. The van der Waals surface area contributed by atoms with Crippen molar-refractivity contribution in [2.75, 3.05) is 26.9 Å². The van der Waals surface area contributed by atoms with Gasteiger partial charge in [-0.25, -0.2) is 18.9 Å². The number of alkyl carbamates (subject to hydrolysis) is 1. The maximum atomic E-state index is 15.9. The molecule has 2 aromatic rings. The molecule has 2 aromatic carbocycles. The summed E-state index contributed by atoms with van der Waals surface area (Å²) in [5, 5.41) is 5.23. The lowest BCUT2D eigenvalue weighted by molar-refractivity contribution is -0.272. The number of rotatable bonds is 67. The van der Waals surface area contributed by atoms with Crippen LogP contribution in [0, 0.1) is 0 Å². The average Bonchev–Trinajstić information content (AvgIpc) is 0.769. The number of carbonyl (C=O) groups excluding carboxylic acids is 7. The zero-order valence-corrected chi connectivity index (χ0v) is 75.4. The summed E-state index contributed by atoms with van der Waals surface area (Å²) in [6.07, 6.45) is 28.8. The van der Waals surface area contributed by atoms with Crippen molar-refractivity contribution >= 4 is 119 Å². The van der Waals surface area contributed by atoms with Gasteiger partial charge in [0.1, 0.15) is 55.2 Å². The third-order valence-corrected chi connectivity index (χ3v) is 23.1.